The monoisotopic (exact) mass is 298 g/mol. The molecule has 1 atom stereocenters. The molecule has 114 valence electrons. The van der Waals surface area contributed by atoms with Crippen LogP contribution in [0.5, 0.6) is 5.75 Å². The van der Waals surface area contributed by atoms with Crippen LogP contribution < -0.4 is 0 Å². The minimum absolute atomic E-state index is 0.0321. The molecule has 2 aromatic carbocycles. The number of hydrogen-bond donors (Lipinski definition) is 1. The number of nitro benzene ring substituents is 1. The first-order valence-electron chi connectivity index (χ1n) is 7.13. The van der Waals surface area contributed by atoms with Crippen molar-refractivity contribution in [2.45, 2.75) is 26.2 Å². The quantitative estimate of drug-likeness (QED) is 0.499. The molecule has 2 aromatic rings. The predicted octanol–water partition coefficient (Wildman–Crippen LogP) is 4.56. The van der Waals surface area contributed by atoms with Gasteiger partial charge in [0.15, 0.2) is 0 Å². The van der Waals surface area contributed by atoms with Crippen molar-refractivity contribution in [2.75, 3.05) is 0 Å². The largest absolute Gasteiger partial charge is 0.507 e. The second kappa shape index (κ2) is 6.85. The van der Waals surface area contributed by atoms with Crippen LogP contribution in [0.15, 0.2) is 47.5 Å². The lowest BCUT2D eigenvalue weighted by Gasteiger charge is -2.11. The maximum atomic E-state index is 10.8. The molecule has 5 nitrogen and oxygen atoms in total. The summed E-state index contributed by atoms with van der Waals surface area (Å²) in [7, 11) is 0. The van der Waals surface area contributed by atoms with Gasteiger partial charge in [0.25, 0.3) is 5.69 Å². The molecule has 0 aromatic heterocycles. The fraction of sp³-hybridized carbons (Fsp3) is 0.235. The molecule has 22 heavy (non-hydrogen) atoms. The van der Waals surface area contributed by atoms with E-state index in [0.717, 1.165) is 17.7 Å². The van der Waals surface area contributed by atoms with Crippen LogP contribution in [0, 0.1) is 10.1 Å². The fourth-order valence-corrected chi connectivity index (χ4v) is 2.14. The summed E-state index contributed by atoms with van der Waals surface area (Å²) >= 11 is 0. The van der Waals surface area contributed by atoms with Crippen LogP contribution in [0.1, 0.15) is 37.3 Å². The third-order valence-electron chi connectivity index (χ3n) is 3.64. The van der Waals surface area contributed by atoms with Crippen LogP contribution in [-0.2, 0) is 0 Å². The van der Waals surface area contributed by atoms with Crippen LogP contribution in [-0.4, -0.2) is 16.2 Å². The highest BCUT2D eigenvalue weighted by molar-refractivity contribution is 5.86. The zero-order valence-corrected chi connectivity index (χ0v) is 12.6. The number of rotatable bonds is 5. The van der Waals surface area contributed by atoms with Crippen molar-refractivity contribution in [3.8, 4) is 5.75 Å². The van der Waals surface area contributed by atoms with Gasteiger partial charge in [0.05, 0.1) is 10.6 Å². The van der Waals surface area contributed by atoms with Crippen molar-refractivity contribution in [3.05, 3.63) is 63.7 Å². The second-order valence-electron chi connectivity index (χ2n) is 5.13. The molecule has 0 aliphatic heterocycles. The highest BCUT2D eigenvalue weighted by atomic mass is 16.6. The summed E-state index contributed by atoms with van der Waals surface area (Å²) in [5.74, 6) is 0.336. The van der Waals surface area contributed by atoms with Crippen LogP contribution in [0.4, 0.5) is 11.4 Å². The van der Waals surface area contributed by atoms with Gasteiger partial charge in [-0.3, -0.25) is 15.1 Å². The summed E-state index contributed by atoms with van der Waals surface area (Å²) in [5, 5.41) is 20.6. The molecule has 0 saturated heterocycles. The summed E-state index contributed by atoms with van der Waals surface area (Å²) in [4.78, 5) is 14.7. The molecule has 0 heterocycles. The third-order valence-corrected chi connectivity index (χ3v) is 3.64. The number of nitrogens with zero attached hydrogens (tertiary/aromatic N) is 2. The van der Waals surface area contributed by atoms with Crippen LogP contribution >= 0.6 is 0 Å². The highest BCUT2D eigenvalue weighted by Crippen LogP contribution is 2.29. The van der Waals surface area contributed by atoms with Crippen molar-refractivity contribution in [3.63, 3.8) is 0 Å². The Kier molecular flexibility index (Phi) is 4.88. The van der Waals surface area contributed by atoms with Gasteiger partial charge < -0.3 is 5.11 Å². The molecular weight excluding hydrogens is 280 g/mol. The third kappa shape index (κ3) is 3.49. The minimum atomic E-state index is -0.496. The molecule has 0 fully saturated rings. The fourth-order valence-electron chi connectivity index (χ4n) is 2.14. The lowest BCUT2D eigenvalue weighted by molar-refractivity contribution is -0.384. The van der Waals surface area contributed by atoms with Gasteiger partial charge in [-0.25, -0.2) is 0 Å². The Morgan fingerprint density at radius 2 is 2.05 bits per heavy atom. The first-order chi connectivity index (χ1) is 10.5. The lowest BCUT2D eigenvalue weighted by Crippen LogP contribution is -1.93. The number of phenolic OH excluding ortho intramolecular Hbond substituents is 1. The van der Waals surface area contributed by atoms with E-state index in [1.807, 2.05) is 24.3 Å². The number of aliphatic imine (C=N–C) groups is 1. The van der Waals surface area contributed by atoms with Gasteiger partial charge in [-0.1, -0.05) is 32.0 Å². The number of phenols is 1. The van der Waals surface area contributed by atoms with Crippen molar-refractivity contribution >= 4 is 17.6 Å². The number of hydrogen-bond acceptors (Lipinski definition) is 4. The van der Waals surface area contributed by atoms with E-state index < -0.39 is 4.92 Å². The Labute approximate surface area is 129 Å². The normalized spacial score (nSPS) is 12.5. The van der Waals surface area contributed by atoms with E-state index in [9.17, 15) is 15.2 Å². The first-order valence-corrected chi connectivity index (χ1v) is 7.13. The predicted molar refractivity (Wildman–Crippen MR) is 87.2 cm³/mol. The van der Waals surface area contributed by atoms with E-state index in [2.05, 4.69) is 18.8 Å². The van der Waals surface area contributed by atoms with E-state index in [1.54, 1.807) is 0 Å². The number of aromatic hydroxyl groups is 1. The highest BCUT2D eigenvalue weighted by Gasteiger charge is 2.10. The van der Waals surface area contributed by atoms with Crippen molar-refractivity contribution in [1.82, 2.24) is 0 Å². The number of non-ortho nitro benzene ring substituents is 1. The zero-order chi connectivity index (χ0) is 16.1. The molecule has 0 bridgehead atoms. The lowest BCUT2D eigenvalue weighted by atomic mass is 9.97. The summed E-state index contributed by atoms with van der Waals surface area (Å²) in [6.45, 7) is 4.23. The van der Waals surface area contributed by atoms with Crippen LogP contribution in [0.2, 0.25) is 0 Å². The smallest absolute Gasteiger partial charge is 0.270 e. The van der Waals surface area contributed by atoms with Gasteiger partial charge in [0.2, 0.25) is 0 Å². The number of nitro groups is 1. The Hall–Kier alpha value is -2.69. The number of benzene rings is 2. The molecular formula is C17H18N2O3. The Balaban J connectivity index is 2.37. The van der Waals surface area contributed by atoms with Gasteiger partial charge in [-0.15, -0.1) is 0 Å². The van der Waals surface area contributed by atoms with Gasteiger partial charge >= 0.3 is 0 Å². The van der Waals surface area contributed by atoms with Gasteiger partial charge in [-0.2, -0.15) is 0 Å². The zero-order valence-electron chi connectivity index (χ0n) is 12.6. The molecule has 2 rings (SSSR count). The van der Waals surface area contributed by atoms with E-state index in [1.165, 1.54) is 24.4 Å². The molecule has 5 heteroatoms. The van der Waals surface area contributed by atoms with Crippen molar-refractivity contribution in [2.24, 2.45) is 4.99 Å². The van der Waals surface area contributed by atoms with Crippen molar-refractivity contribution in [1.29, 1.82) is 0 Å². The molecule has 0 spiro atoms. The van der Waals surface area contributed by atoms with Crippen LogP contribution in [0.25, 0.3) is 0 Å². The van der Waals surface area contributed by atoms with Gasteiger partial charge in [0.1, 0.15) is 5.75 Å². The molecule has 0 aliphatic rings. The number of para-hydroxylation sites is 1. The van der Waals surface area contributed by atoms with Gasteiger partial charge in [-0.05, 0) is 30.0 Å². The second-order valence-corrected chi connectivity index (χ2v) is 5.13. The summed E-state index contributed by atoms with van der Waals surface area (Å²) in [6.07, 6.45) is 2.46. The molecule has 0 aliphatic carbocycles. The summed E-state index contributed by atoms with van der Waals surface area (Å²) in [6, 6.07) is 11.7. The van der Waals surface area contributed by atoms with Crippen LogP contribution in [0.3, 0.4) is 0 Å². The maximum Gasteiger partial charge on any atom is 0.270 e. The molecule has 0 radical (unpaired) electrons. The summed E-state index contributed by atoms with van der Waals surface area (Å²) in [5.41, 5.74) is 2.18. The Bertz CT molecular complexity index is 711. The average molecular weight is 298 g/mol. The van der Waals surface area contributed by atoms with Gasteiger partial charge in [0, 0.05) is 23.9 Å². The SMILES string of the molecule is CCC(C)c1ccccc1N=Cc1cc([N+](=O)[O-])ccc1O. The van der Waals surface area contributed by atoms with E-state index >= 15 is 0 Å². The Morgan fingerprint density at radius 3 is 2.73 bits per heavy atom. The standard InChI is InChI=1S/C17H18N2O3/c1-3-12(2)15-6-4-5-7-16(15)18-11-13-10-14(19(21)22)8-9-17(13)20/h4-12,20H,3H2,1-2H3. The minimum Gasteiger partial charge on any atom is -0.507 e. The molecule has 0 amide bonds. The molecule has 1 unspecified atom stereocenters. The molecule has 0 saturated carbocycles. The topological polar surface area (TPSA) is 75.7 Å². The summed E-state index contributed by atoms with van der Waals surface area (Å²) < 4.78 is 0. The van der Waals surface area contributed by atoms with Crippen molar-refractivity contribution < 1.29 is 10.0 Å². The Morgan fingerprint density at radius 1 is 1.32 bits per heavy atom. The average Bonchev–Trinajstić information content (AvgIpc) is 2.53. The maximum absolute atomic E-state index is 10.8. The van der Waals surface area contributed by atoms with E-state index in [0.29, 0.717) is 11.5 Å². The molecule has 1 N–H and O–H groups in total. The van der Waals surface area contributed by atoms with E-state index in [-0.39, 0.29) is 11.4 Å². The van der Waals surface area contributed by atoms with E-state index in [4.69, 9.17) is 0 Å². The first kappa shape index (κ1) is 15.7.